The zero-order valence-corrected chi connectivity index (χ0v) is 12.1. The lowest BCUT2D eigenvalue weighted by atomic mass is 10.1. The van der Waals surface area contributed by atoms with Gasteiger partial charge in [-0.1, -0.05) is 18.2 Å². The number of para-hydroxylation sites is 1. The molecule has 5 heteroatoms. The molecule has 2 heterocycles. The molecular formula is C16H18N4O. The summed E-state index contributed by atoms with van der Waals surface area (Å²) in [5, 5.41) is 11.2. The molecule has 1 aromatic carbocycles. The number of H-pyrrole nitrogens is 1. The summed E-state index contributed by atoms with van der Waals surface area (Å²) in [4.78, 5) is 12.4. The Morgan fingerprint density at radius 1 is 1.38 bits per heavy atom. The van der Waals surface area contributed by atoms with Crippen molar-refractivity contribution in [1.29, 1.82) is 0 Å². The summed E-state index contributed by atoms with van der Waals surface area (Å²) in [7, 11) is 1.81. The topological polar surface area (TPSA) is 62.7 Å². The minimum Gasteiger partial charge on any atom is -0.311 e. The SMILES string of the molecule is CC(NCc1cc2ccccc2n(C)c1=O)c1cn[nH]c1. The number of aromatic amines is 1. The monoisotopic (exact) mass is 282 g/mol. The van der Waals surface area contributed by atoms with E-state index in [1.807, 2.05) is 43.6 Å². The van der Waals surface area contributed by atoms with Gasteiger partial charge >= 0.3 is 0 Å². The highest BCUT2D eigenvalue weighted by atomic mass is 16.1. The normalized spacial score (nSPS) is 12.7. The second-order valence-electron chi connectivity index (χ2n) is 5.23. The Kier molecular flexibility index (Phi) is 3.58. The van der Waals surface area contributed by atoms with E-state index >= 15 is 0 Å². The molecule has 0 saturated carbocycles. The van der Waals surface area contributed by atoms with Crippen molar-refractivity contribution in [2.24, 2.45) is 7.05 Å². The van der Waals surface area contributed by atoms with Gasteiger partial charge in [0, 0.05) is 37.0 Å². The maximum Gasteiger partial charge on any atom is 0.255 e. The number of aryl methyl sites for hydroxylation is 1. The van der Waals surface area contributed by atoms with Gasteiger partial charge in [-0.15, -0.1) is 0 Å². The van der Waals surface area contributed by atoms with Crippen LogP contribution in [0.5, 0.6) is 0 Å². The molecule has 3 aromatic rings. The molecule has 2 N–H and O–H groups in total. The molecule has 0 bridgehead atoms. The molecule has 1 atom stereocenters. The number of benzene rings is 1. The maximum absolute atomic E-state index is 12.4. The number of rotatable bonds is 4. The van der Waals surface area contributed by atoms with Gasteiger partial charge in [0.2, 0.25) is 0 Å². The first kappa shape index (κ1) is 13.6. The van der Waals surface area contributed by atoms with Crippen molar-refractivity contribution in [3.8, 4) is 0 Å². The van der Waals surface area contributed by atoms with E-state index in [9.17, 15) is 4.79 Å². The van der Waals surface area contributed by atoms with Gasteiger partial charge in [0.15, 0.2) is 0 Å². The molecule has 0 saturated heterocycles. The third-order valence-electron chi connectivity index (χ3n) is 3.83. The predicted octanol–water partition coefficient (Wildman–Crippen LogP) is 2.11. The van der Waals surface area contributed by atoms with Gasteiger partial charge in [-0.2, -0.15) is 5.10 Å². The average molecular weight is 282 g/mol. The maximum atomic E-state index is 12.4. The highest BCUT2D eigenvalue weighted by Crippen LogP contribution is 2.14. The fourth-order valence-corrected chi connectivity index (χ4v) is 2.49. The Labute approximate surface area is 122 Å². The van der Waals surface area contributed by atoms with Crippen LogP contribution in [0.2, 0.25) is 0 Å². The van der Waals surface area contributed by atoms with Crippen molar-refractivity contribution in [1.82, 2.24) is 20.1 Å². The van der Waals surface area contributed by atoms with Crippen LogP contribution in [0.4, 0.5) is 0 Å². The Balaban J connectivity index is 1.87. The molecule has 5 nitrogen and oxygen atoms in total. The Morgan fingerprint density at radius 2 is 2.19 bits per heavy atom. The molecule has 3 rings (SSSR count). The molecule has 1 unspecified atom stereocenters. The third kappa shape index (κ3) is 2.60. The van der Waals surface area contributed by atoms with Gasteiger partial charge in [-0.25, -0.2) is 0 Å². The first-order chi connectivity index (χ1) is 10.2. The second kappa shape index (κ2) is 5.54. The second-order valence-corrected chi connectivity index (χ2v) is 5.23. The van der Waals surface area contributed by atoms with Crippen LogP contribution in [0, 0.1) is 0 Å². The van der Waals surface area contributed by atoms with Gasteiger partial charge in [0.25, 0.3) is 5.56 Å². The number of nitrogens with zero attached hydrogens (tertiary/aromatic N) is 2. The van der Waals surface area contributed by atoms with Crippen molar-refractivity contribution >= 4 is 10.9 Å². The van der Waals surface area contributed by atoms with Crippen LogP contribution in [0.15, 0.2) is 47.5 Å². The fourth-order valence-electron chi connectivity index (χ4n) is 2.49. The molecular weight excluding hydrogens is 264 g/mol. The first-order valence-corrected chi connectivity index (χ1v) is 6.96. The summed E-state index contributed by atoms with van der Waals surface area (Å²) in [6.45, 7) is 2.58. The van der Waals surface area contributed by atoms with Crippen LogP contribution in [0.25, 0.3) is 10.9 Å². The van der Waals surface area contributed by atoms with Gasteiger partial charge in [-0.3, -0.25) is 9.89 Å². The third-order valence-corrected chi connectivity index (χ3v) is 3.83. The van der Waals surface area contributed by atoms with Gasteiger partial charge in [-0.05, 0) is 24.4 Å². The molecule has 0 aliphatic heterocycles. The number of nitrogens with one attached hydrogen (secondary N) is 2. The lowest BCUT2D eigenvalue weighted by Crippen LogP contribution is -2.27. The zero-order chi connectivity index (χ0) is 14.8. The van der Waals surface area contributed by atoms with E-state index in [2.05, 4.69) is 22.4 Å². The van der Waals surface area contributed by atoms with Crippen molar-refractivity contribution < 1.29 is 0 Å². The quantitative estimate of drug-likeness (QED) is 0.770. The fraction of sp³-hybridized carbons (Fsp3) is 0.250. The molecule has 0 amide bonds. The smallest absolute Gasteiger partial charge is 0.255 e. The Hall–Kier alpha value is -2.40. The zero-order valence-electron chi connectivity index (χ0n) is 12.1. The van der Waals surface area contributed by atoms with Crippen molar-refractivity contribution in [3.05, 3.63) is 64.2 Å². The standard InChI is InChI=1S/C16H18N4O/c1-11(14-9-18-19-10-14)17-8-13-7-12-5-3-4-6-15(12)20(2)16(13)21/h3-7,9-11,17H,8H2,1-2H3,(H,18,19). The minimum absolute atomic E-state index is 0.0422. The molecule has 0 spiro atoms. The number of pyridine rings is 1. The molecule has 0 aliphatic carbocycles. The van der Waals surface area contributed by atoms with Crippen LogP contribution in [0.3, 0.4) is 0 Å². The summed E-state index contributed by atoms with van der Waals surface area (Å²) in [6, 6.07) is 10.0. The Morgan fingerprint density at radius 3 is 2.95 bits per heavy atom. The van der Waals surface area contributed by atoms with Crippen LogP contribution < -0.4 is 10.9 Å². The first-order valence-electron chi connectivity index (χ1n) is 6.96. The molecule has 0 aliphatic rings. The van der Waals surface area contributed by atoms with Crippen molar-refractivity contribution in [3.63, 3.8) is 0 Å². The predicted molar refractivity (Wildman–Crippen MR) is 83.0 cm³/mol. The van der Waals surface area contributed by atoms with Gasteiger partial charge < -0.3 is 9.88 Å². The minimum atomic E-state index is 0.0422. The lowest BCUT2D eigenvalue weighted by Gasteiger charge is -2.13. The lowest BCUT2D eigenvalue weighted by molar-refractivity contribution is 0.570. The number of hydrogen-bond donors (Lipinski definition) is 2. The summed E-state index contributed by atoms with van der Waals surface area (Å²) in [5.74, 6) is 0. The molecule has 2 aromatic heterocycles. The summed E-state index contributed by atoms with van der Waals surface area (Å²) < 4.78 is 1.70. The molecule has 0 radical (unpaired) electrons. The van der Waals surface area contributed by atoms with E-state index in [-0.39, 0.29) is 11.6 Å². The van der Waals surface area contributed by atoms with Crippen molar-refractivity contribution in [2.45, 2.75) is 19.5 Å². The Bertz CT molecular complexity index is 805. The molecule has 0 fully saturated rings. The summed E-state index contributed by atoms with van der Waals surface area (Å²) >= 11 is 0. The van der Waals surface area contributed by atoms with E-state index in [0.29, 0.717) is 6.54 Å². The van der Waals surface area contributed by atoms with E-state index in [0.717, 1.165) is 22.0 Å². The van der Waals surface area contributed by atoms with E-state index in [1.165, 1.54) is 0 Å². The number of aromatic nitrogens is 3. The van der Waals surface area contributed by atoms with Crippen LogP contribution >= 0.6 is 0 Å². The largest absolute Gasteiger partial charge is 0.311 e. The highest BCUT2D eigenvalue weighted by Gasteiger charge is 2.09. The summed E-state index contributed by atoms with van der Waals surface area (Å²) in [6.07, 6.45) is 3.65. The van der Waals surface area contributed by atoms with Crippen LogP contribution in [-0.4, -0.2) is 14.8 Å². The van der Waals surface area contributed by atoms with E-state index < -0.39 is 0 Å². The number of fused-ring (bicyclic) bond motifs is 1. The van der Waals surface area contributed by atoms with Gasteiger partial charge in [0.05, 0.1) is 11.7 Å². The highest BCUT2D eigenvalue weighted by molar-refractivity contribution is 5.79. The number of hydrogen-bond acceptors (Lipinski definition) is 3. The van der Waals surface area contributed by atoms with E-state index in [1.54, 1.807) is 10.8 Å². The summed E-state index contributed by atoms with van der Waals surface area (Å²) in [5.41, 5.74) is 2.84. The molecule has 108 valence electrons. The van der Waals surface area contributed by atoms with Crippen LogP contribution in [-0.2, 0) is 13.6 Å². The van der Waals surface area contributed by atoms with Crippen molar-refractivity contribution in [2.75, 3.05) is 0 Å². The molecule has 21 heavy (non-hydrogen) atoms. The van der Waals surface area contributed by atoms with E-state index in [4.69, 9.17) is 0 Å². The van der Waals surface area contributed by atoms with Crippen LogP contribution in [0.1, 0.15) is 24.1 Å². The van der Waals surface area contributed by atoms with Gasteiger partial charge in [0.1, 0.15) is 0 Å². The average Bonchev–Trinajstić information content (AvgIpc) is 3.03.